The first-order valence-electron chi connectivity index (χ1n) is 7.28. The van der Waals surface area contributed by atoms with Crippen molar-refractivity contribution in [2.45, 2.75) is 6.54 Å². The molecule has 0 aliphatic carbocycles. The zero-order valence-corrected chi connectivity index (χ0v) is 9.71. The Bertz CT molecular complexity index is 431. The molecule has 17 heavy (non-hydrogen) atoms. The SMILES string of the molecule is [2H]C([2H])([2H])N1CCN(Cc2ccc(B(O)O)cc2)CC1. The van der Waals surface area contributed by atoms with E-state index in [-0.39, 0.29) is 0 Å². The second kappa shape index (κ2) is 5.64. The van der Waals surface area contributed by atoms with Crippen LogP contribution < -0.4 is 5.46 Å². The van der Waals surface area contributed by atoms with E-state index in [2.05, 4.69) is 4.90 Å². The number of piperazine rings is 1. The van der Waals surface area contributed by atoms with Crippen LogP contribution in [-0.4, -0.2) is 60.1 Å². The minimum Gasteiger partial charge on any atom is -0.423 e. The summed E-state index contributed by atoms with van der Waals surface area (Å²) in [5, 5.41) is 18.1. The molecule has 0 radical (unpaired) electrons. The van der Waals surface area contributed by atoms with Crippen LogP contribution in [0, 0.1) is 0 Å². The molecule has 0 atom stereocenters. The quantitative estimate of drug-likeness (QED) is 0.670. The molecule has 0 bridgehead atoms. The van der Waals surface area contributed by atoms with Gasteiger partial charge in [0, 0.05) is 36.8 Å². The molecule has 1 aliphatic heterocycles. The molecule has 1 heterocycles. The van der Waals surface area contributed by atoms with E-state index in [0.29, 0.717) is 18.6 Å². The van der Waals surface area contributed by atoms with Gasteiger partial charge >= 0.3 is 7.12 Å². The van der Waals surface area contributed by atoms with Crippen molar-refractivity contribution in [3.8, 4) is 0 Å². The molecule has 2 N–H and O–H groups in total. The molecule has 5 heteroatoms. The van der Waals surface area contributed by atoms with Crippen LogP contribution in [0.25, 0.3) is 0 Å². The highest BCUT2D eigenvalue weighted by Gasteiger charge is 2.14. The number of benzene rings is 1. The Kier molecular flexibility index (Phi) is 3.02. The van der Waals surface area contributed by atoms with Crippen molar-refractivity contribution in [1.29, 1.82) is 0 Å². The largest absolute Gasteiger partial charge is 0.488 e. The maximum atomic E-state index is 9.03. The zero-order chi connectivity index (χ0) is 14.8. The fourth-order valence-electron chi connectivity index (χ4n) is 1.96. The van der Waals surface area contributed by atoms with Gasteiger partial charge in [0.05, 0.1) is 0 Å². The van der Waals surface area contributed by atoms with Gasteiger partial charge in [-0.2, -0.15) is 0 Å². The van der Waals surface area contributed by atoms with Gasteiger partial charge in [-0.1, -0.05) is 24.3 Å². The third kappa shape index (κ3) is 3.54. The van der Waals surface area contributed by atoms with Crippen molar-refractivity contribution in [2.24, 2.45) is 0 Å². The van der Waals surface area contributed by atoms with E-state index in [1.807, 2.05) is 12.1 Å². The molecule has 92 valence electrons. The topological polar surface area (TPSA) is 46.9 Å². The van der Waals surface area contributed by atoms with Gasteiger partial charge in [-0.25, -0.2) is 0 Å². The van der Waals surface area contributed by atoms with E-state index >= 15 is 0 Å². The fraction of sp³-hybridized carbons (Fsp3) is 0.500. The van der Waals surface area contributed by atoms with E-state index in [4.69, 9.17) is 14.2 Å². The summed E-state index contributed by atoms with van der Waals surface area (Å²) in [4.78, 5) is 3.72. The summed E-state index contributed by atoms with van der Waals surface area (Å²) in [6.45, 7) is 1.29. The Morgan fingerprint density at radius 3 is 2.35 bits per heavy atom. The Morgan fingerprint density at radius 2 is 1.82 bits per heavy atom. The normalized spacial score (nSPS) is 21.6. The van der Waals surface area contributed by atoms with Gasteiger partial charge in [-0.15, -0.1) is 0 Å². The highest BCUT2D eigenvalue weighted by Crippen LogP contribution is 2.06. The lowest BCUT2D eigenvalue weighted by atomic mass is 9.80. The first-order chi connectivity index (χ1) is 9.36. The number of hydrogen-bond donors (Lipinski definition) is 2. The lowest BCUT2D eigenvalue weighted by Gasteiger charge is -2.32. The first-order valence-corrected chi connectivity index (χ1v) is 5.78. The minimum absolute atomic E-state index is 0.473. The molecule has 0 aromatic heterocycles. The average molecular weight is 237 g/mol. The van der Waals surface area contributed by atoms with Crippen molar-refractivity contribution in [3.63, 3.8) is 0 Å². The van der Waals surface area contributed by atoms with Crippen molar-refractivity contribution >= 4 is 12.6 Å². The first kappa shape index (κ1) is 9.11. The summed E-state index contributed by atoms with van der Waals surface area (Å²) in [5.74, 6) is 0. The molecule has 0 amide bonds. The Hall–Kier alpha value is -0.875. The van der Waals surface area contributed by atoms with Crippen LogP contribution >= 0.6 is 0 Å². The van der Waals surface area contributed by atoms with Gasteiger partial charge in [0.25, 0.3) is 0 Å². The Balaban J connectivity index is 1.86. The molecule has 2 rings (SSSR count). The van der Waals surface area contributed by atoms with Crippen molar-refractivity contribution in [3.05, 3.63) is 29.8 Å². The number of rotatable bonds is 3. The molecule has 0 spiro atoms. The average Bonchev–Trinajstić information content (AvgIpc) is 2.39. The predicted octanol–water partition coefficient (Wildman–Crippen LogP) is -0.886. The predicted molar refractivity (Wildman–Crippen MR) is 69.0 cm³/mol. The maximum absolute atomic E-state index is 9.03. The molecular weight excluding hydrogens is 215 g/mol. The highest BCUT2D eigenvalue weighted by molar-refractivity contribution is 6.58. The summed E-state index contributed by atoms with van der Waals surface area (Å²) in [5.41, 5.74) is 1.55. The van der Waals surface area contributed by atoms with Gasteiger partial charge in [-0.3, -0.25) is 4.90 Å². The third-order valence-electron chi connectivity index (χ3n) is 3.06. The second-order valence-electron chi connectivity index (χ2n) is 4.38. The summed E-state index contributed by atoms with van der Waals surface area (Å²) >= 11 is 0. The van der Waals surface area contributed by atoms with Gasteiger partial charge in [0.2, 0.25) is 0 Å². The van der Waals surface area contributed by atoms with Crippen molar-refractivity contribution in [1.82, 2.24) is 9.80 Å². The van der Waals surface area contributed by atoms with Crippen LogP contribution in [0.3, 0.4) is 0 Å². The van der Waals surface area contributed by atoms with E-state index in [9.17, 15) is 0 Å². The second-order valence-corrected chi connectivity index (χ2v) is 4.38. The summed E-state index contributed by atoms with van der Waals surface area (Å²) in [7, 11) is -1.44. The van der Waals surface area contributed by atoms with Crippen molar-refractivity contribution < 1.29 is 14.2 Å². The number of hydrogen-bond acceptors (Lipinski definition) is 4. The highest BCUT2D eigenvalue weighted by atomic mass is 16.4. The zero-order valence-electron chi connectivity index (χ0n) is 12.7. The molecular formula is C12H19BN2O2. The smallest absolute Gasteiger partial charge is 0.423 e. The molecule has 1 saturated heterocycles. The molecule has 1 aromatic carbocycles. The summed E-state index contributed by atoms with van der Waals surface area (Å²) in [6.07, 6.45) is 0. The lowest BCUT2D eigenvalue weighted by molar-refractivity contribution is 0.148. The molecule has 4 nitrogen and oxygen atoms in total. The lowest BCUT2D eigenvalue weighted by Crippen LogP contribution is -2.43. The van der Waals surface area contributed by atoms with Gasteiger partial charge in [0.15, 0.2) is 0 Å². The standard InChI is InChI=1S/C12H19BN2O2/c1-14-6-8-15(9-7-14)10-11-2-4-12(5-3-11)13(16)17/h2-5,16-17H,6-10H2,1H3/i1D3. The molecule has 0 unspecified atom stereocenters. The van der Waals surface area contributed by atoms with E-state index in [0.717, 1.165) is 25.2 Å². The van der Waals surface area contributed by atoms with E-state index < -0.39 is 14.1 Å². The summed E-state index contributed by atoms with van der Waals surface area (Å²) in [6, 6.07) is 7.12. The van der Waals surface area contributed by atoms with Gasteiger partial charge < -0.3 is 14.9 Å². The number of likely N-dealkylation sites (N-methyl/N-ethyl adjacent to an activating group) is 1. The van der Waals surface area contributed by atoms with E-state index in [1.54, 1.807) is 12.1 Å². The van der Waals surface area contributed by atoms with Crippen LogP contribution in [0.15, 0.2) is 24.3 Å². The maximum Gasteiger partial charge on any atom is 0.488 e. The Morgan fingerprint density at radius 1 is 1.18 bits per heavy atom. The van der Waals surface area contributed by atoms with E-state index in [1.165, 1.54) is 4.90 Å². The number of nitrogens with zero attached hydrogens (tertiary/aromatic N) is 2. The fourth-order valence-corrected chi connectivity index (χ4v) is 1.96. The third-order valence-corrected chi connectivity index (χ3v) is 3.06. The van der Waals surface area contributed by atoms with Crippen LogP contribution in [0.1, 0.15) is 9.68 Å². The Labute approximate surface area is 107 Å². The molecule has 1 aliphatic rings. The van der Waals surface area contributed by atoms with Crippen LogP contribution in [0.5, 0.6) is 0 Å². The van der Waals surface area contributed by atoms with Crippen LogP contribution in [0.2, 0.25) is 0 Å². The van der Waals surface area contributed by atoms with Gasteiger partial charge in [0.1, 0.15) is 0 Å². The monoisotopic (exact) mass is 237 g/mol. The van der Waals surface area contributed by atoms with Gasteiger partial charge in [-0.05, 0) is 18.0 Å². The van der Waals surface area contributed by atoms with Crippen molar-refractivity contribution in [2.75, 3.05) is 33.2 Å². The van der Waals surface area contributed by atoms with Crippen LogP contribution in [0.4, 0.5) is 0 Å². The van der Waals surface area contributed by atoms with Crippen LogP contribution in [-0.2, 0) is 6.54 Å². The molecule has 0 saturated carbocycles. The summed E-state index contributed by atoms with van der Waals surface area (Å²) < 4.78 is 22.1. The molecule has 1 aromatic rings. The molecule has 1 fully saturated rings. The minimum atomic E-state index is -2.00.